The number of epoxide rings is 1. The van der Waals surface area contributed by atoms with Crippen LogP contribution in [-0.4, -0.2) is 427 Å². The highest BCUT2D eigenvalue weighted by molar-refractivity contribution is 6.49. The van der Waals surface area contributed by atoms with E-state index in [1.54, 1.807) is 48.5 Å². The molecule has 53 unspecified atom stereocenters. The Morgan fingerprint density at radius 3 is 1.75 bits per heavy atom. The Hall–Kier alpha value is -4.59. The summed E-state index contributed by atoms with van der Waals surface area (Å²) in [6.07, 6.45) is -61.1. The van der Waals surface area contributed by atoms with E-state index in [4.69, 9.17) is 122 Å². The van der Waals surface area contributed by atoms with Gasteiger partial charge < -0.3 is 204 Å². The molecule has 1 aromatic heterocycles. The predicted molar refractivity (Wildman–Crippen MR) is 506 cm³/mol. The molecule has 53 atom stereocenters. The van der Waals surface area contributed by atoms with Gasteiger partial charge in [0.2, 0.25) is 0 Å². The van der Waals surface area contributed by atoms with Crippen molar-refractivity contribution < 1.29 is 207 Å². The minimum atomic E-state index is -2.87. The second-order valence-corrected chi connectivity index (χ2v) is 43.0. The normalized spacial score (nSPS) is 45.2. The molecule has 8 saturated heterocycles. The van der Waals surface area contributed by atoms with E-state index in [-0.39, 0.29) is 90.2 Å². The molecular weight excluding hydrogens is 2000 g/mol. The number of nitrogens with two attached hydrogens (primary N) is 2. The van der Waals surface area contributed by atoms with E-state index in [1.807, 2.05) is 0 Å². The number of halogens is 3. The number of carbonyl (C=O) groups is 4. The smallest absolute Gasteiger partial charge is 0.340 e. The van der Waals surface area contributed by atoms with Crippen molar-refractivity contribution in [2.24, 2.45) is 59.9 Å². The molecule has 10 aliphatic rings. The van der Waals surface area contributed by atoms with Crippen molar-refractivity contribution in [3.05, 3.63) is 56.6 Å². The summed E-state index contributed by atoms with van der Waals surface area (Å²) >= 11 is 19.1. The van der Waals surface area contributed by atoms with Gasteiger partial charge in [-0.05, 0) is 118 Å². The third-order valence-corrected chi connectivity index (χ3v) is 32.4. The Balaban J connectivity index is 0.828. The third-order valence-electron chi connectivity index (χ3n) is 31.1. The minimum Gasteiger partial charge on any atom is -0.479 e. The largest absolute Gasteiger partial charge is 0.479 e. The van der Waals surface area contributed by atoms with E-state index in [2.05, 4.69) is 5.32 Å². The van der Waals surface area contributed by atoms with Gasteiger partial charge in [-0.15, -0.1) is 0 Å². The molecule has 0 aromatic carbocycles. The summed E-state index contributed by atoms with van der Waals surface area (Å²) in [7, 11) is 1.43. The Bertz CT molecular complexity index is 4420. The molecule has 838 valence electrons. The number of carboxylic acids is 1. The number of aliphatic carboxylic acids is 1. The lowest BCUT2D eigenvalue weighted by Gasteiger charge is -2.52. The highest BCUT2D eigenvalue weighted by Gasteiger charge is 2.60. The van der Waals surface area contributed by atoms with Gasteiger partial charge in [-0.2, -0.15) is 0 Å². The molecule has 8 fully saturated rings. The number of carbonyl (C=O) groups excluding carboxylic acids is 3. The second kappa shape index (κ2) is 52.3. The van der Waals surface area contributed by atoms with Gasteiger partial charge in [0.05, 0.1) is 168 Å². The van der Waals surface area contributed by atoms with Crippen LogP contribution in [0.3, 0.4) is 0 Å². The number of aromatic nitrogens is 1. The fourth-order valence-corrected chi connectivity index (χ4v) is 21.7. The fourth-order valence-electron chi connectivity index (χ4n) is 21.0. The Morgan fingerprint density at radius 1 is 0.527 bits per heavy atom. The highest BCUT2D eigenvalue weighted by Crippen LogP contribution is 2.47. The van der Waals surface area contributed by atoms with Crippen LogP contribution in [0.25, 0.3) is 0 Å². The van der Waals surface area contributed by atoms with E-state index >= 15 is 0 Å². The third kappa shape index (κ3) is 29.0. The van der Waals surface area contributed by atoms with Gasteiger partial charge in [0.1, 0.15) is 96.3 Å². The molecular formula is C96H156Cl3N5O42. The molecule has 0 aliphatic carbocycles. The summed E-state index contributed by atoms with van der Waals surface area (Å²) in [6, 6.07) is -4.04. The number of cyclic esters (lactones) is 1. The van der Waals surface area contributed by atoms with Crippen molar-refractivity contribution in [1.82, 2.24) is 14.9 Å². The number of amides is 1. The van der Waals surface area contributed by atoms with Crippen molar-refractivity contribution in [3.8, 4) is 0 Å². The summed E-state index contributed by atoms with van der Waals surface area (Å²) < 4.78 is 103. The molecule has 146 heavy (non-hydrogen) atoms. The summed E-state index contributed by atoms with van der Waals surface area (Å²) in [4.78, 5) is 54.5. The van der Waals surface area contributed by atoms with Gasteiger partial charge in [0, 0.05) is 86.9 Å². The Labute approximate surface area is 861 Å². The van der Waals surface area contributed by atoms with Gasteiger partial charge in [-0.1, -0.05) is 89.3 Å². The summed E-state index contributed by atoms with van der Waals surface area (Å²) in [5.74, 6) is -14.3. The number of rotatable bonds is 23. The molecule has 2 bridgehead atoms. The van der Waals surface area contributed by atoms with Gasteiger partial charge in [-0.25, -0.2) is 19.4 Å². The SMILES string of the molecule is CC1CCC(O)CC(O)CC(O)CC=CC(=O)OC(C(C)C(O)C(C)C(O)C(C)C(C)OC2CC(OC(=O)C3=C(N)C(C(=O)O)N(O)C=C3)C(NC(=O)c3c(Cl)c(Cl)c(Cl)n3C)C(C)O2)C(C)C2OC2C(O)CCCC(O)C(C)C(O)CC(O)C(C)C2CC(O)C(O)C(O)(CC1OC1OC(C)C(OC3OC(C)C(O)C(OC4CC(O)C(O)C(C)O4)C3O)C(OC3CC(O)C(N)C(C)O3)C1OC1OC(C)C(O)C(O)C1O)O2. The van der Waals surface area contributed by atoms with E-state index < -0.39 is 384 Å². The topological polar surface area (TPSA) is 737 Å². The first-order valence-corrected chi connectivity index (χ1v) is 51.5. The molecule has 0 radical (unpaired) electrons. The molecule has 11 heterocycles. The molecule has 1 amide bonds. The molecule has 11 rings (SSSR count). The first-order valence-electron chi connectivity index (χ1n) is 50.4. The predicted octanol–water partition coefficient (Wildman–Crippen LogP) is -1.89. The number of hydrogen-bond donors (Lipinski definition) is 25. The van der Waals surface area contributed by atoms with Crippen molar-refractivity contribution in [2.75, 3.05) is 0 Å². The highest BCUT2D eigenvalue weighted by atomic mass is 35.5. The zero-order chi connectivity index (χ0) is 108. The minimum absolute atomic E-state index is 0.00496. The lowest BCUT2D eigenvalue weighted by molar-refractivity contribution is -0.407. The van der Waals surface area contributed by atoms with Crippen LogP contribution >= 0.6 is 34.8 Å². The molecule has 50 heteroatoms. The zero-order valence-electron chi connectivity index (χ0n) is 84.4. The van der Waals surface area contributed by atoms with Crippen LogP contribution in [-0.2, 0) is 97.2 Å². The van der Waals surface area contributed by atoms with E-state index in [0.29, 0.717) is 0 Å². The molecule has 0 saturated carbocycles. The maximum absolute atomic E-state index is 14.3. The van der Waals surface area contributed by atoms with Crippen LogP contribution < -0.4 is 16.8 Å². The number of nitrogens with one attached hydrogen (secondary N) is 1. The maximum Gasteiger partial charge on any atom is 0.340 e. The van der Waals surface area contributed by atoms with Crippen LogP contribution in [0.4, 0.5) is 0 Å². The second-order valence-electron chi connectivity index (χ2n) is 41.9. The lowest BCUT2D eigenvalue weighted by Crippen LogP contribution is -2.67. The molecule has 27 N–H and O–H groups in total. The molecule has 10 aliphatic heterocycles. The van der Waals surface area contributed by atoms with Crippen LogP contribution in [0.2, 0.25) is 15.2 Å². The summed E-state index contributed by atoms with van der Waals surface area (Å²) in [5.41, 5.74) is 11.3. The van der Waals surface area contributed by atoms with E-state index in [1.165, 1.54) is 66.2 Å². The van der Waals surface area contributed by atoms with Crippen LogP contribution in [0.5, 0.6) is 0 Å². The van der Waals surface area contributed by atoms with Crippen LogP contribution in [0.15, 0.2) is 35.7 Å². The first kappa shape index (κ1) is 122. The number of aliphatic hydroxyl groups excluding tert-OH is 19. The van der Waals surface area contributed by atoms with Crippen molar-refractivity contribution in [2.45, 2.75) is 468 Å². The standard InChI is InChI=1S/C96H156Cl3N5O42/c1-34-22-23-49(106)27-50(107)26-48(105)18-16-21-62(115)140-81(39(6)74(117)38(5)73(116)35(2)41(8)131-65-32-60(138-92(128)51-24-25-104(130)72(69(51)101)91(126)127)70(43(10)133-65)102-90(125)71-66(97)67(98)89(99)103(71)15)40(7)82-84(143-82)53(109)20-17-19-52(108)36(3)54(110)28-55(111)37(4)59-29-58(114)88(124)96(129,146-59)33-61(34)139-95-87(145-93-79(122)78(121)76(119)45(12)135-93)86(142-63-30-56(112)68(100)42(9)132-63)83(47(14)137-95)144-94-80(123)85(77(120)46(13)136-94)141-64-31-57(113)75(118)44(11)134-64/h16,21,24-25,34-50,52-61,63-65,68,70,72-88,93-95,105-114,116-124,129-130H,17-20,22-23,26-33,100-101H2,1-15H3,(H,102,125)(H,126,127). The average Bonchev–Trinajstić information content (AvgIpc) is 1.18. The Morgan fingerprint density at radius 2 is 1.12 bits per heavy atom. The monoisotopic (exact) mass is 2160 g/mol. The van der Waals surface area contributed by atoms with Gasteiger partial charge in [0.15, 0.2) is 49.6 Å². The maximum atomic E-state index is 14.3. The number of ether oxygens (including phenoxy) is 16. The average molecular weight is 2160 g/mol. The zero-order valence-corrected chi connectivity index (χ0v) is 86.7. The van der Waals surface area contributed by atoms with Crippen molar-refractivity contribution >= 4 is 58.6 Å². The number of hydrogen-bond acceptors (Lipinski definition) is 44. The number of carboxylic acid groups (broad SMARTS) is 1. The van der Waals surface area contributed by atoms with Gasteiger partial charge in [-0.3, -0.25) is 10.0 Å². The first-order chi connectivity index (χ1) is 68.3. The van der Waals surface area contributed by atoms with Crippen molar-refractivity contribution in [3.63, 3.8) is 0 Å². The fraction of sp³-hybridized carbons (Fsp3) is 0.854. The number of nitrogens with zero attached hydrogens (tertiary/aromatic N) is 2. The van der Waals surface area contributed by atoms with Crippen LogP contribution in [0, 0.1) is 41.4 Å². The number of esters is 2. The van der Waals surface area contributed by atoms with Gasteiger partial charge in [0.25, 0.3) is 5.91 Å². The van der Waals surface area contributed by atoms with Crippen LogP contribution in [0.1, 0.15) is 197 Å². The number of aliphatic hydroxyl groups is 20. The molecule has 1 aromatic rings. The van der Waals surface area contributed by atoms with Crippen molar-refractivity contribution in [1.29, 1.82) is 0 Å². The Kier molecular flexibility index (Phi) is 43.6. The number of hydroxylamine groups is 2. The number of fused-ring (bicyclic) bond motifs is 3. The lowest BCUT2D eigenvalue weighted by atomic mass is 9.77. The molecule has 47 nitrogen and oxygen atoms in total. The van der Waals surface area contributed by atoms with E-state index in [0.717, 1.165) is 18.4 Å². The quantitative estimate of drug-likeness (QED) is 0.0421. The molecule has 0 spiro atoms. The summed E-state index contributed by atoms with van der Waals surface area (Å²) in [6.45, 7) is 21.4. The van der Waals surface area contributed by atoms with Gasteiger partial charge >= 0.3 is 17.9 Å². The summed E-state index contributed by atoms with van der Waals surface area (Å²) in [5, 5.41) is 258. The van der Waals surface area contributed by atoms with E-state index in [9.17, 15) is 132 Å².